The lowest BCUT2D eigenvalue weighted by Crippen LogP contribution is -1.83. The standard InChI is InChI=1S/2C7H5FO/c8-7-3-1-6(5-9)2-4-7;8-7-4-2-1-3-6(7)5-9/h2*1-5H. The fourth-order valence-corrected chi connectivity index (χ4v) is 1.11. The molecule has 0 aliphatic carbocycles. The molecule has 0 aromatic heterocycles. The first-order valence-corrected chi connectivity index (χ1v) is 5.08. The van der Waals surface area contributed by atoms with Crippen LogP contribution in [0.25, 0.3) is 0 Å². The minimum absolute atomic E-state index is 0.109. The number of carbonyl (C=O) groups is 2. The van der Waals surface area contributed by atoms with E-state index >= 15 is 0 Å². The average molecular weight is 248 g/mol. The first-order chi connectivity index (χ1) is 8.67. The second kappa shape index (κ2) is 7.06. The number of benzene rings is 2. The molecule has 18 heavy (non-hydrogen) atoms. The Kier molecular flexibility index (Phi) is 5.38. The molecule has 0 radical (unpaired) electrons. The summed E-state index contributed by atoms with van der Waals surface area (Å²) >= 11 is 0. The minimum Gasteiger partial charge on any atom is -0.298 e. The number of carbonyl (C=O) groups excluding carboxylic acids is 2. The van der Waals surface area contributed by atoms with Crippen molar-refractivity contribution in [2.24, 2.45) is 0 Å². The quantitative estimate of drug-likeness (QED) is 0.764. The van der Waals surface area contributed by atoms with E-state index in [1.165, 1.54) is 36.4 Å². The van der Waals surface area contributed by atoms with Crippen LogP contribution in [-0.2, 0) is 0 Å². The monoisotopic (exact) mass is 248 g/mol. The number of halogens is 2. The Morgan fingerprint density at radius 2 is 1.39 bits per heavy atom. The molecule has 0 unspecified atom stereocenters. The van der Waals surface area contributed by atoms with Crippen molar-refractivity contribution in [2.75, 3.05) is 0 Å². The van der Waals surface area contributed by atoms with Gasteiger partial charge in [-0.2, -0.15) is 0 Å². The highest BCUT2D eigenvalue weighted by atomic mass is 19.1. The SMILES string of the molecule is O=Cc1ccc(F)cc1.O=Cc1ccccc1F. The summed E-state index contributed by atoms with van der Waals surface area (Å²) < 4.78 is 24.5. The predicted molar refractivity (Wildman–Crippen MR) is 63.6 cm³/mol. The third-order valence-corrected chi connectivity index (χ3v) is 2.04. The van der Waals surface area contributed by atoms with Crippen molar-refractivity contribution in [2.45, 2.75) is 0 Å². The van der Waals surface area contributed by atoms with Gasteiger partial charge < -0.3 is 0 Å². The van der Waals surface area contributed by atoms with Gasteiger partial charge in [0.1, 0.15) is 17.9 Å². The van der Waals surface area contributed by atoms with Crippen molar-refractivity contribution in [1.29, 1.82) is 0 Å². The maximum absolute atomic E-state index is 12.4. The van der Waals surface area contributed by atoms with Gasteiger partial charge in [-0.15, -0.1) is 0 Å². The molecule has 0 spiro atoms. The van der Waals surface area contributed by atoms with E-state index in [1.54, 1.807) is 12.1 Å². The Hall–Kier alpha value is -2.36. The third kappa shape index (κ3) is 4.25. The summed E-state index contributed by atoms with van der Waals surface area (Å²) in [5.41, 5.74) is 0.605. The van der Waals surface area contributed by atoms with Gasteiger partial charge in [0.05, 0.1) is 5.56 Å². The molecule has 2 nitrogen and oxygen atoms in total. The van der Waals surface area contributed by atoms with E-state index in [9.17, 15) is 18.4 Å². The van der Waals surface area contributed by atoms with Crippen LogP contribution in [-0.4, -0.2) is 12.6 Å². The van der Waals surface area contributed by atoms with Crippen LogP contribution in [0.2, 0.25) is 0 Å². The highest BCUT2D eigenvalue weighted by Gasteiger charge is 1.94. The molecular weight excluding hydrogens is 238 g/mol. The largest absolute Gasteiger partial charge is 0.298 e. The zero-order valence-corrected chi connectivity index (χ0v) is 9.35. The van der Waals surface area contributed by atoms with Crippen molar-refractivity contribution in [3.05, 3.63) is 71.3 Å². The molecular formula is C14H10F2O2. The number of hydrogen-bond donors (Lipinski definition) is 0. The molecule has 0 aliphatic heterocycles. The van der Waals surface area contributed by atoms with E-state index in [1.807, 2.05) is 0 Å². The van der Waals surface area contributed by atoms with Crippen molar-refractivity contribution < 1.29 is 18.4 Å². The molecule has 2 aromatic carbocycles. The van der Waals surface area contributed by atoms with Gasteiger partial charge in [-0.1, -0.05) is 12.1 Å². The van der Waals surface area contributed by atoms with Crippen LogP contribution in [0.5, 0.6) is 0 Å². The van der Waals surface area contributed by atoms with Gasteiger partial charge in [0.2, 0.25) is 0 Å². The zero-order valence-electron chi connectivity index (χ0n) is 9.35. The van der Waals surface area contributed by atoms with Crippen LogP contribution in [0.4, 0.5) is 8.78 Å². The summed E-state index contributed by atoms with van der Waals surface area (Å²) in [5, 5.41) is 0. The van der Waals surface area contributed by atoms with Gasteiger partial charge >= 0.3 is 0 Å². The molecule has 92 valence electrons. The Labute approximate surface area is 103 Å². The molecule has 4 heteroatoms. The molecule has 0 atom stereocenters. The topological polar surface area (TPSA) is 34.1 Å². The second-order valence-electron chi connectivity index (χ2n) is 3.31. The summed E-state index contributed by atoms with van der Waals surface area (Å²) in [5.74, 6) is -0.784. The van der Waals surface area contributed by atoms with Crippen LogP contribution in [0.1, 0.15) is 20.7 Å². The van der Waals surface area contributed by atoms with Gasteiger partial charge in [0.15, 0.2) is 6.29 Å². The van der Waals surface area contributed by atoms with E-state index in [-0.39, 0.29) is 11.4 Å². The first kappa shape index (κ1) is 13.7. The molecule has 2 aromatic rings. The van der Waals surface area contributed by atoms with Crippen LogP contribution in [0.15, 0.2) is 48.5 Å². The molecule has 0 fully saturated rings. The first-order valence-electron chi connectivity index (χ1n) is 5.08. The van der Waals surface area contributed by atoms with Gasteiger partial charge in [0.25, 0.3) is 0 Å². The van der Waals surface area contributed by atoms with Crippen LogP contribution >= 0.6 is 0 Å². The van der Waals surface area contributed by atoms with Crippen molar-refractivity contribution in [1.82, 2.24) is 0 Å². The van der Waals surface area contributed by atoms with Crippen molar-refractivity contribution >= 4 is 12.6 Å². The number of aldehydes is 2. The van der Waals surface area contributed by atoms with Gasteiger partial charge in [-0.25, -0.2) is 8.78 Å². The molecule has 2 rings (SSSR count). The summed E-state index contributed by atoms with van der Waals surface area (Å²) in [4.78, 5) is 20.0. The predicted octanol–water partition coefficient (Wildman–Crippen LogP) is 3.28. The summed E-state index contributed by atoms with van der Waals surface area (Å²) in [6.45, 7) is 0. The van der Waals surface area contributed by atoms with E-state index < -0.39 is 5.82 Å². The normalized spacial score (nSPS) is 9.00. The average Bonchev–Trinajstić information content (AvgIpc) is 2.41. The fraction of sp³-hybridized carbons (Fsp3) is 0. The van der Waals surface area contributed by atoms with Crippen LogP contribution in [0.3, 0.4) is 0 Å². The van der Waals surface area contributed by atoms with E-state index in [0.717, 1.165) is 0 Å². The molecule has 0 saturated heterocycles. The highest BCUT2D eigenvalue weighted by molar-refractivity contribution is 5.75. The maximum atomic E-state index is 12.4. The van der Waals surface area contributed by atoms with Crippen LogP contribution in [0, 0.1) is 11.6 Å². The van der Waals surface area contributed by atoms with Crippen LogP contribution < -0.4 is 0 Å². The van der Waals surface area contributed by atoms with E-state index in [0.29, 0.717) is 18.1 Å². The third-order valence-electron chi connectivity index (χ3n) is 2.04. The zero-order chi connectivity index (χ0) is 13.4. The second-order valence-corrected chi connectivity index (χ2v) is 3.31. The molecule has 0 aliphatic rings. The summed E-state index contributed by atoms with van der Waals surface area (Å²) in [7, 11) is 0. The van der Waals surface area contributed by atoms with Gasteiger partial charge in [0, 0.05) is 5.56 Å². The summed E-state index contributed by atoms with van der Waals surface area (Å²) in [6.07, 6.45) is 1.18. The fourth-order valence-electron chi connectivity index (χ4n) is 1.11. The molecule has 0 amide bonds. The lowest BCUT2D eigenvalue weighted by molar-refractivity contribution is 0.111. The van der Waals surface area contributed by atoms with Gasteiger partial charge in [-0.3, -0.25) is 9.59 Å². The number of hydrogen-bond acceptors (Lipinski definition) is 2. The summed E-state index contributed by atoms with van der Waals surface area (Å²) in [6, 6.07) is 11.2. The Bertz CT molecular complexity index is 522. The van der Waals surface area contributed by atoms with E-state index in [4.69, 9.17) is 0 Å². The Morgan fingerprint density at radius 3 is 1.83 bits per heavy atom. The number of rotatable bonds is 2. The molecule has 0 bridgehead atoms. The lowest BCUT2D eigenvalue weighted by Gasteiger charge is -1.88. The van der Waals surface area contributed by atoms with Crippen molar-refractivity contribution in [3.8, 4) is 0 Å². The Balaban J connectivity index is 0.000000180. The maximum Gasteiger partial charge on any atom is 0.152 e. The van der Waals surface area contributed by atoms with Crippen molar-refractivity contribution in [3.63, 3.8) is 0 Å². The molecule has 0 saturated carbocycles. The smallest absolute Gasteiger partial charge is 0.152 e. The molecule has 0 heterocycles. The van der Waals surface area contributed by atoms with E-state index in [2.05, 4.69) is 0 Å². The molecule has 0 N–H and O–H groups in total. The van der Waals surface area contributed by atoms with Gasteiger partial charge in [-0.05, 0) is 36.4 Å². The minimum atomic E-state index is -0.465. The highest BCUT2D eigenvalue weighted by Crippen LogP contribution is 2.01. The Morgan fingerprint density at radius 1 is 0.778 bits per heavy atom. The lowest BCUT2D eigenvalue weighted by atomic mass is 10.2.